The van der Waals surface area contributed by atoms with E-state index in [0.717, 1.165) is 0 Å². The third kappa shape index (κ3) is 2.61. The molecule has 0 aliphatic heterocycles. The second kappa shape index (κ2) is 4.19. The topological polar surface area (TPSA) is 78.8 Å². The van der Waals surface area contributed by atoms with Crippen molar-refractivity contribution in [2.45, 2.75) is 13.8 Å². The molecule has 0 unspecified atom stereocenters. The fourth-order valence-corrected chi connectivity index (χ4v) is 0.707. The minimum absolute atomic E-state index is 0. The van der Waals surface area contributed by atoms with Crippen LogP contribution in [0.5, 0.6) is 0 Å². The molecule has 6 heteroatoms. The van der Waals surface area contributed by atoms with Crippen molar-refractivity contribution < 1.29 is 28.8 Å². The van der Waals surface area contributed by atoms with E-state index in [2.05, 4.69) is 15.0 Å². The van der Waals surface area contributed by atoms with E-state index in [0.29, 0.717) is 11.6 Å². The second-order valence-electron chi connectivity index (χ2n) is 2.04. The molecule has 58 valence electrons. The monoisotopic (exact) mass is 159 g/mol. The van der Waals surface area contributed by atoms with Gasteiger partial charge in [0.05, 0.1) is 0 Å². The van der Waals surface area contributed by atoms with E-state index >= 15 is 0 Å². The predicted molar refractivity (Wildman–Crippen MR) is 33.6 cm³/mol. The van der Waals surface area contributed by atoms with Gasteiger partial charge in [0.1, 0.15) is 17.6 Å². The van der Waals surface area contributed by atoms with Crippen LogP contribution in [-0.2, 0) is 0 Å². The second-order valence-corrected chi connectivity index (χ2v) is 2.04. The van der Waals surface area contributed by atoms with E-state index < -0.39 is 5.97 Å². The number of aromatic carboxylic acids is 1. The van der Waals surface area contributed by atoms with Crippen molar-refractivity contribution in [2.24, 2.45) is 0 Å². The minimum Gasteiger partial charge on any atom is -0.541 e. The van der Waals surface area contributed by atoms with Gasteiger partial charge in [0.2, 0.25) is 0 Å². The molecule has 0 aromatic carbocycles. The van der Waals surface area contributed by atoms with Crippen LogP contribution in [0.25, 0.3) is 0 Å². The van der Waals surface area contributed by atoms with E-state index in [9.17, 15) is 9.90 Å². The largest absolute Gasteiger partial charge is 1.00 e. The smallest absolute Gasteiger partial charge is 0.541 e. The molecule has 12 heavy (non-hydrogen) atoms. The number of carbonyl (C=O) groups is 1. The molecule has 0 fully saturated rings. The first-order valence-corrected chi connectivity index (χ1v) is 3.00. The van der Waals surface area contributed by atoms with Gasteiger partial charge in [-0.2, -0.15) is 0 Å². The zero-order valence-corrected chi connectivity index (χ0v) is 7.16. The summed E-state index contributed by atoms with van der Waals surface area (Å²) in [4.78, 5) is 21.1. The van der Waals surface area contributed by atoms with E-state index in [1.165, 1.54) is 0 Å². The number of carboxylic acid groups (broad SMARTS) is 1. The molecular formula is C6H6LiN3O2. The first-order valence-electron chi connectivity index (χ1n) is 3.00. The van der Waals surface area contributed by atoms with Crippen LogP contribution >= 0.6 is 0 Å². The number of rotatable bonds is 1. The van der Waals surface area contributed by atoms with Gasteiger partial charge >= 0.3 is 18.9 Å². The van der Waals surface area contributed by atoms with Crippen molar-refractivity contribution in [2.75, 3.05) is 0 Å². The molecule has 1 aromatic heterocycles. The Morgan fingerprint density at radius 3 is 1.92 bits per heavy atom. The Morgan fingerprint density at radius 2 is 1.58 bits per heavy atom. The first-order chi connectivity index (χ1) is 5.09. The third-order valence-electron chi connectivity index (χ3n) is 1.04. The zero-order chi connectivity index (χ0) is 8.43. The van der Waals surface area contributed by atoms with Gasteiger partial charge in [0.25, 0.3) is 0 Å². The average Bonchev–Trinajstić information content (AvgIpc) is 1.85. The van der Waals surface area contributed by atoms with Gasteiger partial charge in [-0.05, 0) is 13.8 Å². The maximum absolute atomic E-state index is 10.2. The van der Waals surface area contributed by atoms with Crippen LogP contribution < -0.4 is 24.0 Å². The Hall–Kier alpha value is -0.923. The van der Waals surface area contributed by atoms with Crippen LogP contribution in [0.1, 0.15) is 22.3 Å². The summed E-state index contributed by atoms with van der Waals surface area (Å²) < 4.78 is 0. The summed E-state index contributed by atoms with van der Waals surface area (Å²) in [5.74, 6) is -0.915. The molecule has 0 atom stereocenters. The third-order valence-corrected chi connectivity index (χ3v) is 1.04. The quantitative estimate of drug-likeness (QED) is 0.389. The van der Waals surface area contributed by atoms with Crippen molar-refractivity contribution >= 4 is 5.97 Å². The van der Waals surface area contributed by atoms with Crippen LogP contribution in [0.2, 0.25) is 0 Å². The molecule has 1 aromatic rings. The maximum atomic E-state index is 10.2. The number of hydrogen-bond donors (Lipinski definition) is 0. The van der Waals surface area contributed by atoms with Gasteiger partial charge in [0.15, 0.2) is 5.82 Å². The Morgan fingerprint density at radius 1 is 1.17 bits per heavy atom. The Kier molecular flexibility index (Phi) is 3.87. The van der Waals surface area contributed by atoms with Crippen LogP contribution in [-0.4, -0.2) is 20.9 Å². The Balaban J connectivity index is 0.00000121. The fourth-order valence-electron chi connectivity index (χ4n) is 0.707. The molecular weight excluding hydrogens is 153 g/mol. The van der Waals surface area contributed by atoms with Crippen molar-refractivity contribution in [1.82, 2.24) is 15.0 Å². The summed E-state index contributed by atoms with van der Waals surface area (Å²) in [6, 6.07) is 0. The summed E-state index contributed by atoms with van der Waals surface area (Å²) in [5, 5.41) is 10.2. The van der Waals surface area contributed by atoms with Gasteiger partial charge < -0.3 is 9.90 Å². The molecule has 0 saturated carbocycles. The first kappa shape index (κ1) is 11.1. The van der Waals surface area contributed by atoms with Crippen LogP contribution in [0.15, 0.2) is 0 Å². The molecule has 0 radical (unpaired) electrons. The summed E-state index contributed by atoms with van der Waals surface area (Å²) in [7, 11) is 0. The Labute approximate surface area is 81.4 Å². The van der Waals surface area contributed by atoms with Gasteiger partial charge in [-0.25, -0.2) is 15.0 Å². The van der Waals surface area contributed by atoms with Crippen LogP contribution in [0, 0.1) is 13.8 Å². The molecule has 0 N–H and O–H groups in total. The fraction of sp³-hybridized carbons (Fsp3) is 0.333. The normalized spacial score (nSPS) is 8.83. The van der Waals surface area contributed by atoms with Crippen molar-refractivity contribution in [3.8, 4) is 0 Å². The molecule has 1 rings (SSSR count). The number of aromatic nitrogens is 3. The number of carboxylic acids is 1. The molecule has 0 bridgehead atoms. The van der Waals surface area contributed by atoms with Gasteiger partial charge in [-0.1, -0.05) is 0 Å². The molecule has 5 nitrogen and oxygen atoms in total. The Bertz CT molecular complexity index is 283. The summed E-state index contributed by atoms with van der Waals surface area (Å²) in [6.07, 6.45) is 0. The average molecular weight is 159 g/mol. The predicted octanol–water partition coefficient (Wildman–Crippen LogP) is -4.14. The number of nitrogens with zero attached hydrogens (tertiary/aromatic N) is 3. The van der Waals surface area contributed by atoms with Crippen molar-refractivity contribution in [3.05, 3.63) is 17.5 Å². The summed E-state index contributed by atoms with van der Waals surface area (Å²) in [5.41, 5.74) is 0. The molecule has 0 saturated heterocycles. The van der Waals surface area contributed by atoms with Crippen LogP contribution in [0.4, 0.5) is 0 Å². The van der Waals surface area contributed by atoms with Gasteiger partial charge in [0, 0.05) is 0 Å². The number of carbonyl (C=O) groups excluding carboxylic acids is 1. The number of hydrogen-bond acceptors (Lipinski definition) is 5. The molecule has 0 spiro atoms. The van der Waals surface area contributed by atoms with Crippen LogP contribution in [0.3, 0.4) is 0 Å². The standard InChI is InChI=1S/C6H7N3O2.Li/c1-3-7-4(2)9-5(8-3)6(10)11;/h1-2H3,(H,10,11);/q;+1/p-1. The van der Waals surface area contributed by atoms with Crippen molar-refractivity contribution in [3.63, 3.8) is 0 Å². The molecule has 0 aliphatic carbocycles. The van der Waals surface area contributed by atoms with E-state index in [1.54, 1.807) is 13.8 Å². The molecule has 0 amide bonds. The van der Waals surface area contributed by atoms with E-state index in [4.69, 9.17) is 0 Å². The summed E-state index contributed by atoms with van der Waals surface area (Å²) >= 11 is 0. The van der Waals surface area contributed by atoms with Gasteiger partial charge in [-0.15, -0.1) is 0 Å². The zero-order valence-electron chi connectivity index (χ0n) is 7.16. The molecule has 1 heterocycles. The van der Waals surface area contributed by atoms with E-state index in [1.807, 2.05) is 0 Å². The van der Waals surface area contributed by atoms with Crippen molar-refractivity contribution in [1.29, 1.82) is 0 Å². The van der Waals surface area contributed by atoms with E-state index in [-0.39, 0.29) is 24.7 Å². The molecule has 0 aliphatic rings. The maximum Gasteiger partial charge on any atom is 1.00 e. The SMILES string of the molecule is Cc1nc(C)nc(C(=O)[O-])n1.[Li+]. The number of aryl methyl sites for hydroxylation is 2. The summed E-state index contributed by atoms with van der Waals surface area (Å²) in [6.45, 7) is 3.20. The minimum atomic E-state index is -1.38. The van der Waals surface area contributed by atoms with Gasteiger partial charge in [-0.3, -0.25) is 0 Å².